The quantitative estimate of drug-likeness (QED) is 0.0269. The fourth-order valence-electron chi connectivity index (χ4n) is 6.63. The maximum atomic E-state index is 14.0. The van der Waals surface area contributed by atoms with Gasteiger partial charge < -0.3 is 25.1 Å². The van der Waals surface area contributed by atoms with Gasteiger partial charge in [-0.1, -0.05) is 110 Å². The van der Waals surface area contributed by atoms with Gasteiger partial charge >= 0.3 is 7.82 Å². The lowest BCUT2D eigenvalue weighted by atomic mass is 10.0. The first-order valence-electron chi connectivity index (χ1n) is 19.7. The number of amidine groups is 1. The number of aromatic nitrogens is 1. The summed E-state index contributed by atoms with van der Waals surface area (Å²) >= 11 is 0. The van der Waals surface area contributed by atoms with Gasteiger partial charge in [-0.15, -0.1) is 0 Å². The molecule has 298 valence electrons. The van der Waals surface area contributed by atoms with E-state index in [0.29, 0.717) is 29.8 Å². The highest BCUT2D eigenvalue weighted by Crippen LogP contribution is 2.47. The summed E-state index contributed by atoms with van der Waals surface area (Å²) in [6.45, 7) is 1.48. The smallest absolute Gasteiger partial charge is 0.382 e. The highest BCUT2D eigenvalue weighted by molar-refractivity contribution is 7.47. The van der Waals surface area contributed by atoms with E-state index in [2.05, 4.69) is 23.0 Å². The fraction of sp³-hybridized carbons (Fsp3) is 0.650. The number of benzene rings is 1. The molecule has 54 heavy (non-hydrogen) atoms. The molecule has 12 nitrogen and oxygen atoms in total. The molecule has 0 saturated carbocycles. The Hall–Kier alpha value is -3.42. The van der Waals surface area contributed by atoms with Crippen molar-refractivity contribution in [2.45, 2.75) is 153 Å². The van der Waals surface area contributed by atoms with E-state index < -0.39 is 38.1 Å². The van der Waals surface area contributed by atoms with Gasteiger partial charge in [0.2, 0.25) is 0 Å². The first-order valence-corrected chi connectivity index (χ1v) is 21.2. The number of hydrogen-bond acceptors (Lipinski definition) is 8. The number of nitrogens with zero attached hydrogens (tertiary/aromatic N) is 3. The molecule has 1 aliphatic rings. The molecular weight excluding hydrogens is 710 g/mol. The Bertz CT molecular complexity index is 1570. The van der Waals surface area contributed by atoms with E-state index in [0.717, 1.165) is 38.1 Å². The monoisotopic (exact) mass is 770 g/mol. The number of aromatic amines is 1. The second kappa shape index (κ2) is 24.9. The first kappa shape index (κ1) is 45.0. The molecule has 3 rings (SSSR count). The van der Waals surface area contributed by atoms with Gasteiger partial charge in [-0.2, -0.15) is 10.5 Å². The fourth-order valence-corrected chi connectivity index (χ4v) is 7.43. The minimum absolute atomic E-state index is 0.0119. The van der Waals surface area contributed by atoms with Gasteiger partial charge in [0.15, 0.2) is 5.60 Å². The number of hydrogen-bond donors (Lipinski definition) is 4. The van der Waals surface area contributed by atoms with Crippen molar-refractivity contribution in [3.63, 3.8) is 0 Å². The molecule has 1 saturated heterocycles. The zero-order valence-corrected chi connectivity index (χ0v) is 32.8. The zero-order valence-electron chi connectivity index (χ0n) is 31.9. The molecule has 0 bridgehead atoms. The highest BCUT2D eigenvalue weighted by Gasteiger charge is 2.44. The standard InChI is InChI=1S/C40H60FN6O6P/c1-2-3-4-5-6-7-8-9-10-11-12-13-14-15-16-17-18-35(50-27-33-23-32(26-42)24-34(41)25-33)28-51-54(48,49)52-30-40(29-43)22-21-38(53-40)36-19-20-37(47-36)39(45)46-31-44/h19-20,23-25,31,35,38,47H,2-18,21-22,27-28,30H2,1H3,(H,48,49)(H3,44,45,46)/t35-,38-,40-/m1/s1. The van der Waals surface area contributed by atoms with Gasteiger partial charge in [-0.3, -0.25) is 14.5 Å². The number of phosphoric acid groups is 1. The van der Waals surface area contributed by atoms with E-state index in [1.54, 1.807) is 18.2 Å². The van der Waals surface area contributed by atoms with Crippen molar-refractivity contribution in [2.24, 2.45) is 10.7 Å². The number of nitrogens with two attached hydrogens (primary N) is 1. The normalized spacial score (nSPS) is 18.9. The summed E-state index contributed by atoms with van der Waals surface area (Å²) in [7, 11) is -4.63. The van der Waals surface area contributed by atoms with Gasteiger partial charge in [-0.25, -0.2) is 13.9 Å². The second-order valence-electron chi connectivity index (χ2n) is 14.2. The molecule has 1 unspecified atom stereocenters. The van der Waals surface area contributed by atoms with E-state index in [1.165, 1.54) is 83.1 Å². The molecule has 0 spiro atoms. The average Bonchev–Trinajstić information content (AvgIpc) is 3.83. The predicted octanol–water partition coefficient (Wildman–Crippen LogP) is 9.82. The number of nitriles is 2. The Morgan fingerprint density at radius 1 is 1.06 bits per heavy atom. The third-order valence-electron chi connectivity index (χ3n) is 9.75. The number of rotatable bonds is 29. The van der Waals surface area contributed by atoms with Crippen molar-refractivity contribution in [1.29, 1.82) is 15.9 Å². The summed E-state index contributed by atoms with van der Waals surface area (Å²) < 4.78 is 49.7. The van der Waals surface area contributed by atoms with Crippen LogP contribution in [0.1, 0.15) is 158 Å². The Kier molecular flexibility index (Phi) is 20.7. The van der Waals surface area contributed by atoms with Gasteiger partial charge in [-0.05, 0) is 55.2 Å². The number of ether oxygens (including phenoxy) is 2. The van der Waals surface area contributed by atoms with Crippen LogP contribution in [0.25, 0.3) is 0 Å². The van der Waals surface area contributed by atoms with E-state index in [-0.39, 0.29) is 31.0 Å². The lowest BCUT2D eigenvalue weighted by molar-refractivity contribution is -0.0444. The largest absolute Gasteiger partial charge is 0.472 e. The number of H-pyrrole nitrogens is 1. The molecule has 1 fully saturated rings. The van der Waals surface area contributed by atoms with E-state index in [4.69, 9.17) is 29.7 Å². The lowest BCUT2D eigenvalue weighted by Crippen LogP contribution is -2.32. The molecule has 2 heterocycles. The van der Waals surface area contributed by atoms with Crippen LogP contribution in [0, 0.1) is 33.9 Å². The summed E-state index contributed by atoms with van der Waals surface area (Å²) in [5.74, 6) is -0.422. The minimum Gasteiger partial charge on any atom is -0.382 e. The summed E-state index contributed by atoms with van der Waals surface area (Å²) in [4.78, 5) is 17.4. The summed E-state index contributed by atoms with van der Waals surface area (Å²) in [5, 5.41) is 26.3. The molecule has 1 aliphatic heterocycles. The molecule has 14 heteroatoms. The third kappa shape index (κ3) is 16.9. The van der Waals surface area contributed by atoms with Gasteiger partial charge in [0.1, 0.15) is 30.7 Å². The van der Waals surface area contributed by atoms with Crippen LogP contribution in [0.3, 0.4) is 0 Å². The molecule has 0 amide bonds. The van der Waals surface area contributed by atoms with Crippen molar-refractivity contribution in [1.82, 2.24) is 4.98 Å². The number of nitrogens with one attached hydrogen (secondary N) is 2. The third-order valence-corrected chi connectivity index (χ3v) is 10.7. The van der Waals surface area contributed by atoms with Crippen LogP contribution in [0.4, 0.5) is 4.39 Å². The number of phosphoric ester groups is 1. The highest BCUT2D eigenvalue weighted by atomic mass is 31.2. The lowest BCUT2D eigenvalue weighted by Gasteiger charge is -2.24. The van der Waals surface area contributed by atoms with Crippen LogP contribution < -0.4 is 5.73 Å². The number of halogens is 1. The zero-order chi connectivity index (χ0) is 39.1. The van der Waals surface area contributed by atoms with E-state index >= 15 is 0 Å². The molecule has 0 radical (unpaired) electrons. The van der Waals surface area contributed by atoms with Crippen molar-refractivity contribution >= 4 is 20.0 Å². The Balaban J connectivity index is 1.43. The van der Waals surface area contributed by atoms with Gasteiger partial charge in [0.25, 0.3) is 0 Å². The molecular formula is C40H60FN6O6P. The Labute approximate surface area is 320 Å². The molecule has 1 aromatic heterocycles. The van der Waals surface area contributed by atoms with Crippen LogP contribution in [-0.4, -0.2) is 47.0 Å². The molecule has 0 aliphatic carbocycles. The Morgan fingerprint density at radius 3 is 2.28 bits per heavy atom. The van der Waals surface area contributed by atoms with E-state index in [9.17, 15) is 24.4 Å². The van der Waals surface area contributed by atoms with Crippen LogP contribution in [0.15, 0.2) is 35.3 Å². The van der Waals surface area contributed by atoms with Crippen LogP contribution in [-0.2, 0) is 29.7 Å². The molecule has 2 aromatic rings. The van der Waals surface area contributed by atoms with E-state index in [1.807, 2.05) is 6.07 Å². The molecule has 1 aromatic carbocycles. The van der Waals surface area contributed by atoms with Crippen LogP contribution >= 0.6 is 7.82 Å². The van der Waals surface area contributed by atoms with Gasteiger partial charge in [0.05, 0.1) is 42.7 Å². The van der Waals surface area contributed by atoms with Crippen molar-refractivity contribution < 1.29 is 32.4 Å². The summed E-state index contributed by atoms with van der Waals surface area (Å²) in [5.41, 5.74) is 6.14. The average molecular weight is 771 g/mol. The maximum Gasteiger partial charge on any atom is 0.472 e. The summed E-state index contributed by atoms with van der Waals surface area (Å²) in [6.07, 6.45) is 20.8. The van der Waals surface area contributed by atoms with Crippen molar-refractivity contribution in [2.75, 3.05) is 13.2 Å². The second-order valence-corrected chi connectivity index (χ2v) is 15.7. The minimum atomic E-state index is -4.63. The predicted molar refractivity (Wildman–Crippen MR) is 207 cm³/mol. The van der Waals surface area contributed by atoms with Crippen LogP contribution in [0.2, 0.25) is 0 Å². The molecule has 5 N–H and O–H groups in total. The number of aliphatic imine (C=N–C) groups is 1. The first-order chi connectivity index (χ1) is 26.1. The molecule has 4 atom stereocenters. The number of unbranched alkanes of at least 4 members (excludes halogenated alkanes) is 15. The van der Waals surface area contributed by atoms with Crippen molar-refractivity contribution in [3.8, 4) is 12.1 Å². The van der Waals surface area contributed by atoms with Crippen molar-refractivity contribution in [3.05, 3.63) is 58.7 Å². The maximum absolute atomic E-state index is 14.0. The summed E-state index contributed by atoms with van der Waals surface area (Å²) in [6, 6.07) is 11.4. The van der Waals surface area contributed by atoms with Crippen LogP contribution in [0.5, 0.6) is 0 Å². The Morgan fingerprint density at radius 2 is 1.69 bits per heavy atom. The topological polar surface area (TPSA) is 200 Å². The SMILES string of the molecule is CCCCCCCCCCCCCCCCCC[C@H](COP(=O)(O)OC[C@]1(C#N)CC[C@H](c2ccc(/C(N)=N\C=N)[nH]2)O1)OCc1cc(F)cc(C#N)c1. The van der Waals surface area contributed by atoms with Gasteiger partial charge in [0, 0.05) is 5.69 Å².